The van der Waals surface area contributed by atoms with E-state index in [1.807, 2.05) is 10.7 Å². The van der Waals surface area contributed by atoms with Gasteiger partial charge in [-0.25, -0.2) is 9.50 Å². The van der Waals surface area contributed by atoms with Crippen LogP contribution in [0.3, 0.4) is 0 Å². The highest BCUT2D eigenvalue weighted by atomic mass is 32.1. The van der Waals surface area contributed by atoms with E-state index in [-0.39, 0.29) is 0 Å². The van der Waals surface area contributed by atoms with Crippen LogP contribution in [0.2, 0.25) is 0 Å². The van der Waals surface area contributed by atoms with Crippen molar-refractivity contribution >= 4 is 43.5 Å². The summed E-state index contributed by atoms with van der Waals surface area (Å²) in [6, 6.07) is 19.0. The van der Waals surface area contributed by atoms with Crippen molar-refractivity contribution in [3.8, 4) is 11.3 Å². The summed E-state index contributed by atoms with van der Waals surface area (Å²) in [6.07, 6.45) is 1.99. The highest BCUT2D eigenvalue weighted by molar-refractivity contribution is 7.20. The molecule has 0 fully saturated rings. The maximum Gasteiger partial charge on any atom is 0.214 e. The number of fused-ring (bicyclic) bond motifs is 2. The van der Waals surface area contributed by atoms with Crippen LogP contribution in [0.5, 0.6) is 0 Å². The van der Waals surface area contributed by atoms with Gasteiger partial charge in [0.2, 0.25) is 10.1 Å². The highest BCUT2D eigenvalue weighted by Crippen LogP contribution is 2.27. The minimum Gasteiger partial charge on any atom is -0.355 e. The number of thiophene rings is 1. The second-order valence-corrected chi connectivity index (χ2v) is 7.74. The molecule has 5 aromatic rings. The van der Waals surface area contributed by atoms with Crippen molar-refractivity contribution in [2.24, 2.45) is 0 Å². The third-order valence-electron chi connectivity index (χ3n) is 4.08. The van der Waals surface area contributed by atoms with Gasteiger partial charge in [-0.05, 0) is 28.3 Å². The van der Waals surface area contributed by atoms with E-state index >= 15 is 0 Å². The Hall–Kier alpha value is -2.70. The first-order valence-electron chi connectivity index (χ1n) is 7.97. The van der Waals surface area contributed by atoms with Crippen molar-refractivity contribution in [2.75, 3.05) is 5.32 Å². The van der Waals surface area contributed by atoms with Crippen LogP contribution in [0, 0.1) is 0 Å². The fourth-order valence-electron chi connectivity index (χ4n) is 2.84. The van der Waals surface area contributed by atoms with Gasteiger partial charge < -0.3 is 5.32 Å². The maximum atomic E-state index is 4.74. The Balaban J connectivity index is 1.43. The Kier molecular flexibility index (Phi) is 3.50. The molecule has 3 aromatic heterocycles. The lowest BCUT2D eigenvalue weighted by molar-refractivity contribution is 0.964. The second-order valence-electron chi connectivity index (χ2n) is 5.76. The van der Waals surface area contributed by atoms with Gasteiger partial charge in [-0.3, -0.25) is 0 Å². The van der Waals surface area contributed by atoms with Crippen molar-refractivity contribution in [3.05, 3.63) is 71.1 Å². The quantitative estimate of drug-likeness (QED) is 0.473. The maximum absolute atomic E-state index is 4.74. The Morgan fingerprint density at radius 2 is 1.92 bits per heavy atom. The zero-order valence-corrected chi connectivity index (χ0v) is 14.8. The van der Waals surface area contributed by atoms with Crippen LogP contribution in [0.15, 0.2) is 66.2 Å². The zero-order chi connectivity index (χ0) is 16.6. The minimum atomic E-state index is 0.797. The number of nitrogens with one attached hydrogen (secondary N) is 1. The smallest absolute Gasteiger partial charge is 0.214 e. The molecular formula is C19H14N4S2. The number of rotatable bonds is 4. The molecule has 0 saturated heterocycles. The van der Waals surface area contributed by atoms with E-state index in [0.717, 1.165) is 27.9 Å². The molecule has 0 saturated carbocycles. The second kappa shape index (κ2) is 5.98. The summed E-state index contributed by atoms with van der Waals surface area (Å²) in [4.78, 5) is 6.93. The van der Waals surface area contributed by atoms with Gasteiger partial charge in [0.15, 0.2) is 0 Å². The zero-order valence-electron chi connectivity index (χ0n) is 13.2. The summed E-state index contributed by atoms with van der Waals surface area (Å²) in [5, 5.41) is 13.4. The molecule has 0 unspecified atom stereocenters. The van der Waals surface area contributed by atoms with Crippen molar-refractivity contribution < 1.29 is 0 Å². The molecule has 4 nitrogen and oxygen atoms in total. The lowest BCUT2D eigenvalue weighted by atomic mass is 10.1. The lowest BCUT2D eigenvalue weighted by Gasteiger charge is -2.00. The molecule has 0 aliphatic carbocycles. The Morgan fingerprint density at radius 1 is 1.00 bits per heavy atom. The van der Waals surface area contributed by atoms with Gasteiger partial charge in [-0.1, -0.05) is 53.8 Å². The molecule has 1 N–H and O–H groups in total. The van der Waals surface area contributed by atoms with E-state index < -0.39 is 0 Å². The summed E-state index contributed by atoms with van der Waals surface area (Å²) in [5.74, 6) is 0. The number of hydrogen-bond donors (Lipinski definition) is 1. The first-order chi connectivity index (χ1) is 12.3. The number of benzene rings is 2. The van der Waals surface area contributed by atoms with Crippen LogP contribution < -0.4 is 5.32 Å². The summed E-state index contributed by atoms with van der Waals surface area (Å²) in [6.45, 7) is 0.797. The fourth-order valence-corrected chi connectivity index (χ4v) is 4.26. The largest absolute Gasteiger partial charge is 0.355 e. The first-order valence-corrected chi connectivity index (χ1v) is 9.66. The van der Waals surface area contributed by atoms with E-state index in [1.54, 1.807) is 22.7 Å². The van der Waals surface area contributed by atoms with Crippen molar-refractivity contribution in [2.45, 2.75) is 6.54 Å². The topological polar surface area (TPSA) is 42.2 Å². The SMILES string of the molecule is c1csc(CNc2nn3cc(-c4ccc5ccccc5c4)nc3s2)c1. The van der Waals surface area contributed by atoms with E-state index in [4.69, 9.17) is 4.98 Å². The number of imidazole rings is 1. The molecule has 5 rings (SSSR count). The van der Waals surface area contributed by atoms with E-state index in [2.05, 4.69) is 70.4 Å². The van der Waals surface area contributed by atoms with Crippen LogP contribution in [-0.4, -0.2) is 14.6 Å². The Morgan fingerprint density at radius 3 is 2.76 bits per heavy atom. The van der Waals surface area contributed by atoms with Gasteiger partial charge in [0.25, 0.3) is 0 Å². The third-order valence-corrected chi connectivity index (χ3v) is 5.84. The predicted octanol–water partition coefficient (Wildman–Crippen LogP) is 5.28. The van der Waals surface area contributed by atoms with E-state index in [0.29, 0.717) is 0 Å². The van der Waals surface area contributed by atoms with Crippen LogP contribution >= 0.6 is 22.7 Å². The standard InChI is InChI=1S/C19H14N4S2/c1-2-5-14-10-15(8-7-13(14)4-1)17-12-23-19(21-17)25-18(22-23)20-11-16-6-3-9-24-16/h1-10,12H,11H2,(H,20,22). The molecule has 0 aliphatic heterocycles. The predicted molar refractivity (Wildman–Crippen MR) is 105 cm³/mol. The number of nitrogens with zero attached hydrogens (tertiary/aromatic N) is 3. The van der Waals surface area contributed by atoms with Gasteiger partial charge in [0.1, 0.15) is 0 Å². The molecule has 0 atom stereocenters. The van der Waals surface area contributed by atoms with Gasteiger partial charge >= 0.3 is 0 Å². The molecule has 3 heterocycles. The normalized spacial score (nSPS) is 11.4. The molecule has 0 bridgehead atoms. The van der Waals surface area contributed by atoms with E-state index in [1.165, 1.54) is 15.6 Å². The molecule has 2 aromatic carbocycles. The Labute approximate surface area is 152 Å². The van der Waals surface area contributed by atoms with E-state index in [9.17, 15) is 0 Å². The average Bonchev–Trinajstić information content (AvgIpc) is 3.35. The van der Waals surface area contributed by atoms with Gasteiger partial charge in [0.05, 0.1) is 18.4 Å². The number of aromatic nitrogens is 3. The summed E-state index contributed by atoms with van der Waals surface area (Å²) >= 11 is 3.32. The number of anilines is 1. The molecule has 0 spiro atoms. The summed E-state index contributed by atoms with van der Waals surface area (Å²) in [7, 11) is 0. The van der Waals surface area contributed by atoms with Crippen molar-refractivity contribution in [3.63, 3.8) is 0 Å². The van der Waals surface area contributed by atoms with Crippen LogP contribution in [-0.2, 0) is 6.54 Å². The molecule has 0 amide bonds. The molecule has 0 radical (unpaired) electrons. The minimum absolute atomic E-state index is 0.797. The molecule has 25 heavy (non-hydrogen) atoms. The van der Waals surface area contributed by atoms with Gasteiger partial charge in [-0.15, -0.1) is 16.4 Å². The Bertz CT molecular complexity index is 1120. The lowest BCUT2D eigenvalue weighted by Crippen LogP contribution is -1.97. The van der Waals surface area contributed by atoms with Gasteiger partial charge in [0, 0.05) is 10.4 Å². The van der Waals surface area contributed by atoms with Crippen LogP contribution in [0.1, 0.15) is 4.88 Å². The van der Waals surface area contributed by atoms with Crippen LogP contribution in [0.4, 0.5) is 5.13 Å². The first kappa shape index (κ1) is 14.6. The summed E-state index contributed by atoms with van der Waals surface area (Å²) < 4.78 is 1.85. The van der Waals surface area contributed by atoms with Crippen LogP contribution in [0.25, 0.3) is 27.0 Å². The summed E-state index contributed by atoms with van der Waals surface area (Å²) in [5.41, 5.74) is 2.07. The average molecular weight is 362 g/mol. The monoisotopic (exact) mass is 362 g/mol. The third kappa shape index (κ3) is 2.79. The molecular weight excluding hydrogens is 348 g/mol. The van der Waals surface area contributed by atoms with Crippen molar-refractivity contribution in [1.82, 2.24) is 14.6 Å². The van der Waals surface area contributed by atoms with Crippen molar-refractivity contribution in [1.29, 1.82) is 0 Å². The number of hydrogen-bond acceptors (Lipinski definition) is 5. The fraction of sp³-hybridized carbons (Fsp3) is 0.0526. The molecule has 122 valence electrons. The molecule has 6 heteroatoms. The molecule has 0 aliphatic rings. The highest BCUT2D eigenvalue weighted by Gasteiger charge is 2.10. The van der Waals surface area contributed by atoms with Gasteiger partial charge in [-0.2, -0.15) is 0 Å².